The molecule has 0 aliphatic carbocycles. The Morgan fingerprint density at radius 3 is 3.00 bits per heavy atom. The van der Waals surface area contributed by atoms with Crippen molar-refractivity contribution in [2.75, 3.05) is 26.2 Å². The minimum atomic E-state index is 0.645. The predicted octanol–water partition coefficient (Wildman–Crippen LogP) is 0.813. The van der Waals surface area contributed by atoms with Gasteiger partial charge in [0.1, 0.15) is 0 Å². The maximum absolute atomic E-state index is 4.23. The molecule has 0 bridgehead atoms. The molecule has 1 aromatic heterocycles. The zero-order valence-electron chi connectivity index (χ0n) is 10.3. The summed E-state index contributed by atoms with van der Waals surface area (Å²) in [6.45, 7) is 10.1. The van der Waals surface area contributed by atoms with E-state index < -0.39 is 0 Å². The van der Waals surface area contributed by atoms with E-state index >= 15 is 0 Å². The highest BCUT2D eigenvalue weighted by atomic mass is 15.3. The molecule has 1 N–H and O–H groups in total. The average Bonchev–Trinajstić information content (AvgIpc) is 2.79. The Bertz CT molecular complexity index is 294. The van der Waals surface area contributed by atoms with E-state index in [-0.39, 0.29) is 0 Å². The monoisotopic (exact) mass is 222 g/mol. The summed E-state index contributed by atoms with van der Waals surface area (Å²) in [5.41, 5.74) is 0. The standard InChI is InChI=1S/C12H22N4/c1-11(2)12-10-15(7-5-13-12)8-9-16-6-3-4-14-16/h3-4,6,11-13H,5,7-10H2,1-2H3. The lowest BCUT2D eigenvalue weighted by Gasteiger charge is -2.35. The van der Waals surface area contributed by atoms with Crippen LogP contribution in [0.15, 0.2) is 18.5 Å². The Morgan fingerprint density at radius 1 is 1.44 bits per heavy atom. The SMILES string of the molecule is CC(C)C1CN(CCn2cccn2)CCN1. The van der Waals surface area contributed by atoms with Gasteiger partial charge in [-0.2, -0.15) is 5.10 Å². The molecule has 0 radical (unpaired) electrons. The second-order valence-corrected chi connectivity index (χ2v) is 4.87. The maximum Gasteiger partial charge on any atom is 0.0536 e. The van der Waals surface area contributed by atoms with E-state index in [1.807, 2.05) is 23.1 Å². The molecule has 0 spiro atoms. The minimum Gasteiger partial charge on any atom is -0.311 e. The van der Waals surface area contributed by atoms with Crippen LogP contribution in [-0.2, 0) is 6.54 Å². The van der Waals surface area contributed by atoms with Crippen molar-refractivity contribution in [3.63, 3.8) is 0 Å². The molecule has 2 heterocycles. The van der Waals surface area contributed by atoms with Gasteiger partial charge in [0.15, 0.2) is 0 Å². The van der Waals surface area contributed by atoms with Gasteiger partial charge in [-0.3, -0.25) is 9.58 Å². The van der Waals surface area contributed by atoms with Crippen molar-refractivity contribution < 1.29 is 0 Å². The zero-order chi connectivity index (χ0) is 11.4. The summed E-state index contributed by atoms with van der Waals surface area (Å²) < 4.78 is 2.01. The van der Waals surface area contributed by atoms with Gasteiger partial charge >= 0.3 is 0 Å². The quantitative estimate of drug-likeness (QED) is 0.818. The normalized spacial score (nSPS) is 22.8. The van der Waals surface area contributed by atoms with Crippen LogP contribution in [0.25, 0.3) is 0 Å². The first-order chi connectivity index (χ1) is 7.75. The summed E-state index contributed by atoms with van der Waals surface area (Å²) in [6, 6.07) is 2.63. The Morgan fingerprint density at radius 2 is 2.31 bits per heavy atom. The van der Waals surface area contributed by atoms with E-state index in [4.69, 9.17) is 0 Å². The Balaban J connectivity index is 1.77. The average molecular weight is 222 g/mol. The third kappa shape index (κ3) is 3.06. The van der Waals surface area contributed by atoms with E-state index in [9.17, 15) is 0 Å². The molecular weight excluding hydrogens is 200 g/mol. The third-order valence-electron chi connectivity index (χ3n) is 3.30. The van der Waals surface area contributed by atoms with Crippen LogP contribution in [0.4, 0.5) is 0 Å². The van der Waals surface area contributed by atoms with Crippen LogP contribution in [-0.4, -0.2) is 46.9 Å². The zero-order valence-corrected chi connectivity index (χ0v) is 10.3. The van der Waals surface area contributed by atoms with E-state index in [2.05, 4.69) is 29.2 Å². The smallest absolute Gasteiger partial charge is 0.0536 e. The van der Waals surface area contributed by atoms with Gasteiger partial charge in [-0.05, 0) is 12.0 Å². The molecule has 1 atom stereocenters. The Hall–Kier alpha value is -0.870. The number of nitrogens with one attached hydrogen (secondary N) is 1. The van der Waals surface area contributed by atoms with Crippen LogP contribution < -0.4 is 5.32 Å². The van der Waals surface area contributed by atoms with Crippen LogP contribution in [0.3, 0.4) is 0 Å². The molecule has 16 heavy (non-hydrogen) atoms. The van der Waals surface area contributed by atoms with Crippen LogP contribution >= 0.6 is 0 Å². The first kappa shape index (κ1) is 11.6. The van der Waals surface area contributed by atoms with Gasteiger partial charge in [0.05, 0.1) is 6.54 Å². The van der Waals surface area contributed by atoms with Crippen molar-refractivity contribution in [3.8, 4) is 0 Å². The summed E-state index contributed by atoms with van der Waals surface area (Å²) in [6.07, 6.45) is 3.87. The predicted molar refractivity (Wildman–Crippen MR) is 65.3 cm³/mol. The number of piperazine rings is 1. The number of aromatic nitrogens is 2. The summed E-state index contributed by atoms with van der Waals surface area (Å²) in [4.78, 5) is 2.53. The summed E-state index contributed by atoms with van der Waals surface area (Å²) >= 11 is 0. The first-order valence-corrected chi connectivity index (χ1v) is 6.19. The third-order valence-corrected chi connectivity index (χ3v) is 3.30. The van der Waals surface area contributed by atoms with Crippen LogP contribution in [0, 0.1) is 5.92 Å². The van der Waals surface area contributed by atoms with E-state index in [1.165, 1.54) is 6.54 Å². The fourth-order valence-electron chi connectivity index (χ4n) is 2.17. The van der Waals surface area contributed by atoms with Gasteiger partial charge in [-0.25, -0.2) is 0 Å². The topological polar surface area (TPSA) is 33.1 Å². The van der Waals surface area contributed by atoms with Crippen LogP contribution in [0.5, 0.6) is 0 Å². The number of nitrogens with zero attached hydrogens (tertiary/aromatic N) is 3. The molecule has 0 saturated carbocycles. The van der Waals surface area contributed by atoms with E-state index in [0.717, 1.165) is 26.2 Å². The van der Waals surface area contributed by atoms with Gasteiger partial charge in [0.2, 0.25) is 0 Å². The fourth-order valence-corrected chi connectivity index (χ4v) is 2.17. The Kier molecular flexibility index (Phi) is 3.96. The van der Waals surface area contributed by atoms with Crippen molar-refractivity contribution in [1.82, 2.24) is 20.0 Å². The van der Waals surface area contributed by atoms with Crippen molar-refractivity contribution in [2.45, 2.75) is 26.4 Å². The van der Waals surface area contributed by atoms with Gasteiger partial charge in [0, 0.05) is 44.6 Å². The molecule has 2 rings (SSSR count). The molecule has 4 nitrogen and oxygen atoms in total. The van der Waals surface area contributed by atoms with Gasteiger partial charge in [-0.15, -0.1) is 0 Å². The minimum absolute atomic E-state index is 0.645. The summed E-state index contributed by atoms with van der Waals surface area (Å²) in [5.74, 6) is 0.715. The first-order valence-electron chi connectivity index (χ1n) is 6.19. The van der Waals surface area contributed by atoms with Crippen molar-refractivity contribution >= 4 is 0 Å². The molecular formula is C12H22N4. The molecule has 1 saturated heterocycles. The highest BCUT2D eigenvalue weighted by molar-refractivity contribution is 4.82. The molecule has 1 aliphatic rings. The van der Waals surface area contributed by atoms with Gasteiger partial charge in [0.25, 0.3) is 0 Å². The molecule has 90 valence electrons. The van der Waals surface area contributed by atoms with E-state index in [1.54, 1.807) is 0 Å². The van der Waals surface area contributed by atoms with Gasteiger partial charge in [-0.1, -0.05) is 13.8 Å². The highest BCUT2D eigenvalue weighted by Gasteiger charge is 2.21. The van der Waals surface area contributed by atoms with Crippen LogP contribution in [0.2, 0.25) is 0 Å². The van der Waals surface area contributed by atoms with Crippen molar-refractivity contribution in [2.24, 2.45) is 5.92 Å². The lowest BCUT2D eigenvalue weighted by molar-refractivity contribution is 0.168. The molecule has 0 aromatic carbocycles. The fraction of sp³-hybridized carbons (Fsp3) is 0.750. The second kappa shape index (κ2) is 5.46. The Labute approximate surface area is 97.6 Å². The lowest BCUT2D eigenvalue weighted by atomic mass is 10.0. The molecule has 1 aromatic rings. The second-order valence-electron chi connectivity index (χ2n) is 4.87. The highest BCUT2D eigenvalue weighted by Crippen LogP contribution is 2.07. The van der Waals surface area contributed by atoms with Crippen LogP contribution in [0.1, 0.15) is 13.8 Å². The van der Waals surface area contributed by atoms with E-state index in [0.29, 0.717) is 12.0 Å². The van der Waals surface area contributed by atoms with Crippen molar-refractivity contribution in [3.05, 3.63) is 18.5 Å². The summed E-state index contributed by atoms with van der Waals surface area (Å²) in [7, 11) is 0. The maximum atomic E-state index is 4.23. The molecule has 1 fully saturated rings. The van der Waals surface area contributed by atoms with Crippen molar-refractivity contribution in [1.29, 1.82) is 0 Å². The summed E-state index contributed by atoms with van der Waals surface area (Å²) in [5, 5.41) is 7.81. The number of hydrogen-bond donors (Lipinski definition) is 1. The molecule has 1 unspecified atom stereocenters. The number of rotatable bonds is 4. The number of hydrogen-bond acceptors (Lipinski definition) is 3. The molecule has 4 heteroatoms. The lowest BCUT2D eigenvalue weighted by Crippen LogP contribution is -2.53. The van der Waals surface area contributed by atoms with Gasteiger partial charge < -0.3 is 5.32 Å². The molecule has 0 amide bonds. The molecule has 1 aliphatic heterocycles. The largest absolute Gasteiger partial charge is 0.311 e.